The number of hydrogen-bond acceptors (Lipinski definition) is 5. The lowest BCUT2D eigenvalue weighted by Crippen LogP contribution is -2.25. The third-order valence-corrected chi connectivity index (χ3v) is 4.31. The number of benzene rings is 2. The Morgan fingerprint density at radius 1 is 1.15 bits per heavy atom. The van der Waals surface area contributed by atoms with Gasteiger partial charge in [-0.1, -0.05) is 18.2 Å². The summed E-state index contributed by atoms with van der Waals surface area (Å²) in [5.74, 6) is -0.618. The first-order chi connectivity index (χ1) is 13.1. The van der Waals surface area contributed by atoms with E-state index in [1.165, 1.54) is 6.07 Å². The zero-order valence-corrected chi connectivity index (χ0v) is 14.3. The summed E-state index contributed by atoms with van der Waals surface area (Å²) < 4.78 is 10.4. The molecule has 0 atom stereocenters. The van der Waals surface area contributed by atoms with E-state index in [9.17, 15) is 14.4 Å². The normalized spacial score (nSPS) is 12.8. The zero-order valence-electron chi connectivity index (χ0n) is 14.3. The molecule has 0 unspecified atom stereocenters. The number of fused-ring (bicyclic) bond motifs is 2. The number of amides is 1. The third-order valence-electron chi connectivity index (χ3n) is 4.31. The van der Waals surface area contributed by atoms with Crippen molar-refractivity contribution in [2.24, 2.45) is 0 Å². The maximum atomic E-state index is 12.3. The summed E-state index contributed by atoms with van der Waals surface area (Å²) in [4.78, 5) is 38.9. The number of ketones is 1. The Morgan fingerprint density at radius 3 is 2.89 bits per heavy atom. The summed E-state index contributed by atoms with van der Waals surface area (Å²) in [6, 6.07) is 12.3. The van der Waals surface area contributed by atoms with Crippen LogP contribution in [0.15, 0.2) is 48.7 Å². The average molecular weight is 364 g/mol. The quantitative estimate of drug-likeness (QED) is 0.535. The van der Waals surface area contributed by atoms with Crippen molar-refractivity contribution in [2.45, 2.75) is 6.42 Å². The fourth-order valence-electron chi connectivity index (χ4n) is 2.97. The molecule has 0 spiro atoms. The first-order valence-electron chi connectivity index (χ1n) is 8.40. The largest absolute Gasteiger partial charge is 0.482 e. The van der Waals surface area contributed by atoms with Crippen LogP contribution in [-0.2, 0) is 20.7 Å². The molecule has 1 amide bonds. The van der Waals surface area contributed by atoms with Crippen LogP contribution < -0.4 is 10.1 Å². The maximum absolute atomic E-state index is 12.3. The number of H-pyrrole nitrogens is 1. The van der Waals surface area contributed by atoms with E-state index < -0.39 is 5.97 Å². The van der Waals surface area contributed by atoms with Gasteiger partial charge in [0, 0.05) is 22.7 Å². The van der Waals surface area contributed by atoms with Crippen molar-refractivity contribution in [3.63, 3.8) is 0 Å². The van der Waals surface area contributed by atoms with Crippen LogP contribution in [0.4, 0.5) is 5.69 Å². The number of hydrogen-bond donors (Lipinski definition) is 2. The molecule has 2 heterocycles. The van der Waals surface area contributed by atoms with Crippen molar-refractivity contribution in [3.05, 3.63) is 59.8 Å². The number of aromatic nitrogens is 1. The molecule has 1 aliphatic rings. The Labute approximate surface area is 154 Å². The first kappa shape index (κ1) is 16.8. The second kappa shape index (κ2) is 6.95. The van der Waals surface area contributed by atoms with Gasteiger partial charge in [0.15, 0.2) is 19.0 Å². The fraction of sp³-hybridized carbons (Fsp3) is 0.150. The monoisotopic (exact) mass is 364 g/mol. The summed E-state index contributed by atoms with van der Waals surface area (Å²) in [5, 5.41) is 3.59. The Kier molecular flexibility index (Phi) is 4.33. The molecule has 0 fully saturated rings. The van der Waals surface area contributed by atoms with Gasteiger partial charge in [0.25, 0.3) is 5.91 Å². The standard InChI is InChI=1S/C20H16N2O5/c23-17(12-5-6-18-16(7-12)22-19(24)11-26-18)10-27-20(25)8-13-9-21-15-4-2-1-3-14(13)15/h1-7,9,21H,8,10-11H2,(H,22,24). The number of aromatic amines is 1. The summed E-state index contributed by atoms with van der Waals surface area (Å²) in [6.07, 6.45) is 1.84. The molecule has 1 aliphatic heterocycles. The van der Waals surface area contributed by atoms with E-state index in [4.69, 9.17) is 9.47 Å². The van der Waals surface area contributed by atoms with Gasteiger partial charge < -0.3 is 19.8 Å². The second-order valence-electron chi connectivity index (χ2n) is 6.17. The fourth-order valence-corrected chi connectivity index (χ4v) is 2.97. The van der Waals surface area contributed by atoms with Gasteiger partial charge in [0.05, 0.1) is 12.1 Å². The predicted molar refractivity (Wildman–Crippen MR) is 97.9 cm³/mol. The van der Waals surface area contributed by atoms with Crippen LogP contribution >= 0.6 is 0 Å². The van der Waals surface area contributed by atoms with Crippen LogP contribution in [0.3, 0.4) is 0 Å². The molecule has 0 radical (unpaired) electrons. The van der Waals surface area contributed by atoms with Crippen LogP contribution in [0.2, 0.25) is 0 Å². The number of para-hydroxylation sites is 1. The number of anilines is 1. The van der Waals surface area contributed by atoms with Crippen molar-refractivity contribution in [2.75, 3.05) is 18.5 Å². The molecule has 136 valence electrons. The molecule has 2 aromatic carbocycles. The number of esters is 1. The molecule has 0 aliphatic carbocycles. The third kappa shape index (κ3) is 3.52. The summed E-state index contributed by atoms with van der Waals surface area (Å²) in [6.45, 7) is -0.416. The highest BCUT2D eigenvalue weighted by Crippen LogP contribution is 2.28. The molecule has 3 aromatic rings. The minimum atomic E-state index is -0.484. The molecule has 1 aromatic heterocycles. The van der Waals surface area contributed by atoms with Gasteiger partial charge in [0.1, 0.15) is 5.75 Å². The molecular weight excluding hydrogens is 348 g/mol. The highest BCUT2D eigenvalue weighted by molar-refractivity contribution is 6.01. The molecular formula is C20H16N2O5. The van der Waals surface area contributed by atoms with Gasteiger partial charge >= 0.3 is 5.97 Å². The van der Waals surface area contributed by atoms with Crippen LogP contribution in [0.5, 0.6) is 5.75 Å². The second-order valence-corrected chi connectivity index (χ2v) is 6.17. The van der Waals surface area contributed by atoms with E-state index in [0.717, 1.165) is 16.5 Å². The highest BCUT2D eigenvalue weighted by Gasteiger charge is 2.19. The summed E-state index contributed by atoms with van der Waals surface area (Å²) >= 11 is 0. The Bertz CT molecular complexity index is 1050. The number of carbonyl (C=O) groups is 3. The minimum absolute atomic E-state index is 0.0499. The number of carbonyl (C=O) groups excluding carboxylic acids is 3. The van der Waals surface area contributed by atoms with Gasteiger partial charge in [-0.2, -0.15) is 0 Å². The lowest BCUT2D eigenvalue weighted by Gasteiger charge is -2.18. The molecule has 0 saturated carbocycles. The molecule has 27 heavy (non-hydrogen) atoms. The topological polar surface area (TPSA) is 97.5 Å². The SMILES string of the molecule is O=C1COc2ccc(C(=O)COC(=O)Cc3c[nH]c4ccccc34)cc2N1. The van der Waals surface area contributed by atoms with Crippen molar-refractivity contribution < 1.29 is 23.9 Å². The van der Waals surface area contributed by atoms with Crippen molar-refractivity contribution in [1.82, 2.24) is 4.98 Å². The molecule has 4 rings (SSSR count). The highest BCUT2D eigenvalue weighted by atomic mass is 16.5. The van der Waals surface area contributed by atoms with E-state index in [-0.39, 0.29) is 31.3 Å². The Morgan fingerprint density at radius 2 is 2.00 bits per heavy atom. The zero-order chi connectivity index (χ0) is 18.8. The number of rotatable bonds is 5. The minimum Gasteiger partial charge on any atom is -0.482 e. The van der Waals surface area contributed by atoms with E-state index in [1.54, 1.807) is 18.3 Å². The van der Waals surface area contributed by atoms with Gasteiger partial charge in [-0.3, -0.25) is 14.4 Å². The van der Waals surface area contributed by atoms with E-state index in [1.807, 2.05) is 24.3 Å². The number of nitrogens with one attached hydrogen (secondary N) is 2. The lowest BCUT2D eigenvalue weighted by atomic mass is 10.1. The Hall–Kier alpha value is -3.61. The smallest absolute Gasteiger partial charge is 0.310 e. The van der Waals surface area contributed by atoms with Crippen molar-refractivity contribution in [1.29, 1.82) is 0 Å². The van der Waals surface area contributed by atoms with E-state index >= 15 is 0 Å². The van der Waals surface area contributed by atoms with Crippen LogP contribution in [-0.4, -0.2) is 35.9 Å². The lowest BCUT2D eigenvalue weighted by molar-refractivity contribution is -0.141. The summed E-state index contributed by atoms with van der Waals surface area (Å²) in [5.41, 5.74) is 2.52. The maximum Gasteiger partial charge on any atom is 0.310 e. The molecule has 7 nitrogen and oxygen atoms in total. The van der Waals surface area contributed by atoms with Crippen LogP contribution in [0, 0.1) is 0 Å². The predicted octanol–water partition coefficient (Wildman–Crippen LogP) is 2.47. The molecule has 0 saturated heterocycles. The van der Waals surface area contributed by atoms with Gasteiger partial charge in [-0.05, 0) is 29.8 Å². The van der Waals surface area contributed by atoms with E-state index in [2.05, 4.69) is 10.3 Å². The molecule has 7 heteroatoms. The number of ether oxygens (including phenoxy) is 2. The Balaban J connectivity index is 1.38. The average Bonchev–Trinajstić information content (AvgIpc) is 3.08. The molecule has 2 N–H and O–H groups in total. The van der Waals surface area contributed by atoms with E-state index in [0.29, 0.717) is 17.0 Å². The van der Waals surface area contributed by atoms with Crippen molar-refractivity contribution in [3.8, 4) is 5.75 Å². The van der Waals surface area contributed by atoms with Gasteiger partial charge in [0.2, 0.25) is 0 Å². The van der Waals surface area contributed by atoms with Gasteiger partial charge in [-0.25, -0.2) is 0 Å². The summed E-state index contributed by atoms with van der Waals surface area (Å²) in [7, 11) is 0. The van der Waals surface area contributed by atoms with Crippen molar-refractivity contribution >= 4 is 34.3 Å². The van der Waals surface area contributed by atoms with Crippen LogP contribution in [0.1, 0.15) is 15.9 Å². The van der Waals surface area contributed by atoms with Crippen LogP contribution in [0.25, 0.3) is 10.9 Å². The number of Topliss-reactive ketones (excluding diaryl/α,β-unsaturated/α-hetero) is 1. The van der Waals surface area contributed by atoms with Gasteiger partial charge in [-0.15, -0.1) is 0 Å². The molecule has 0 bridgehead atoms. The first-order valence-corrected chi connectivity index (χ1v) is 8.40.